The Morgan fingerprint density at radius 2 is 2.14 bits per heavy atom. The highest BCUT2D eigenvalue weighted by Crippen LogP contribution is 2.27. The van der Waals surface area contributed by atoms with Crippen molar-refractivity contribution in [2.45, 2.75) is 37.1 Å². The van der Waals surface area contributed by atoms with E-state index in [1.165, 1.54) is 12.1 Å². The first kappa shape index (κ1) is 15.9. The lowest BCUT2D eigenvalue weighted by Gasteiger charge is -2.17. The number of aryl methyl sites for hydroxylation is 1. The average Bonchev–Trinajstić information content (AvgIpc) is 2.66. The summed E-state index contributed by atoms with van der Waals surface area (Å²) in [5, 5.41) is 14.2. The Balaban J connectivity index is 2.33. The van der Waals surface area contributed by atoms with Crippen LogP contribution in [0.5, 0.6) is 0 Å². The highest BCUT2D eigenvalue weighted by atomic mass is 32.2. The Hall–Kier alpha value is -1.51. The average molecular weight is 313 g/mol. The van der Waals surface area contributed by atoms with E-state index in [9.17, 15) is 18.5 Å². The number of hydrogen-bond donors (Lipinski definition) is 2. The lowest BCUT2D eigenvalue weighted by Crippen LogP contribution is -2.41. The summed E-state index contributed by atoms with van der Waals surface area (Å²) < 4.78 is 27.6. The van der Waals surface area contributed by atoms with Crippen molar-refractivity contribution in [3.63, 3.8) is 0 Å². The molecular formula is C13H19N3O4S. The summed E-state index contributed by atoms with van der Waals surface area (Å²) in [6.07, 6.45) is 2.66. The van der Waals surface area contributed by atoms with Gasteiger partial charge in [0.1, 0.15) is 0 Å². The molecule has 1 aliphatic rings. The number of sulfonamides is 1. The minimum atomic E-state index is -3.91. The quantitative estimate of drug-likeness (QED) is 0.645. The fourth-order valence-electron chi connectivity index (χ4n) is 2.53. The van der Waals surface area contributed by atoms with Gasteiger partial charge in [0.05, 0.1) is 4.92 Å². The Morgan fingerprint density at radius 3 is 2.86 bits per heavy atom. The summed E-state index contributed by atoms with van der Waals surface area (Å²) in [5.74, 6) is 0. The lowest BCUT2D eigenvalue weighted by atomic mass is 10.2. The summed E-state index contributed by atoms with van der Waals surface area (Å²) in [7, 11) is -3.91. The predicted molar refractivity (Wildman–Crippen MR) is 78.7 cm³/mol. The zero-order valence-electron chi connectivity index (χ0n) is 11.8. The second-order valence-electron chi connectivity index (χ2n) is 5.20. The van der Waals surface area contributed by atoms with Crippen LogP contribution in [0.15, 0.2) is 23.1 Å². The normalized spacial score (nSPS) is 20.0. The topological polar surface area (TPSA) is 101 Å². The molecule has 2 rings (SSSR count). The summed E-state index contributed by atoms with van der Waals surface area (Å²) in [6.45, 7) is 2.97. The number of nitro benzene ring substituents is 1. The molecule has 2 N–H and O–H groups in total. The minimum absolute atomic E-state index is 0.237. The van der Waals surface area contributed by atoms with Gasteiger partial charge in [0.15, 0.2) is 4.90 Å². The molecular weight excluding hydrogens is 294 g/mol. The minimum Gasteiger partial charge on any atom is -0.315 e. The van der Waals surface area contributed by atoms with Crippen LogP contribution in [0.4, 0.5) is 5.69 Å². The van der Waals surface area contributed by atoms with Crippen molar-refractivity contribution in [1.82, 2.24) is 10.0 Å². The summed E-state index contributed by atoms with van der Waals surface area (Å²) >= 11 is 0. The predicted octanol–water partition coefficient (Wildman–Crippen LogP) is 1.32. The third-order valence-corrected chi connectivity index (χ3v) is 5.24. The van der Waals surface area contributed by atoms with E-state index >= 15 is 0 Å². The molecule has 1 aliphatic heterocycles. The lowest BCUT2D eigenvalue weighted by molar-refractivity contribution is -0.387. The fraction of sp³-hybridized carbons (Fsp3) is 0.538. The van der Waals surface area contributed by atoms with Crippen LogP contribution in [0.25, 0.3) is 0 Å². The number of nitrogens with zero attached hydrogens (tertiary/aromatic N) is 1. The van der Waals surface area contributed by atoms with Crippen molar-refractivity contribution in [2.24, 2.45) is 0 Å². The van der Waals surface area contributed by atoms with Gasteiger partial charge in [0.25, 0.3) is 5.69 Å². The van der Waals surface area contributed by atoms with Crippen molar-refractivity contribution in [2.75, 3.05) is 13.1 Å². The van der Waals surface area contributed by atoms with E-state index < -0.39 is 14.9 Å². The van der Waals surface area contributed by atoms with E-state index in [-0.39, 0.29) is 16.6 Å². The number of benzene rings is 1. The molecule has 8 heteroatoms. The molecule has 0 amide bonds. The summed E-state index contributed by atoms with van der Waals surface area (Å²) in [5.41, 5.74) is -0.0117. The SMILES string of the molecule is Cc1cccc([N+](=O)[O-])c1S(=O)(=O)NC1CCCCNC1. The van der Waals surface area contributed by atoms with Gasteiger partial charge in [-0.15, -0.1) is 0 Å². The summed E-state index contributed by atoms with van der Waals surface area (Å²) in [4.78, 5) is 10.2. The third kappa shape index (κ3) is 3.78. The molecule has 0 aliphatic carbocycles. The van der Waals surface area contributed by atoms with Crippen LogP contribution in [0, 0.1) is 17.0 Å². The first-order valence-electron chi connectivity index (χ1n) is 6.89. The molecule has 116 valence electrons. The van der Waals surface area contributed by atoms with Crippen molar-refractivity contribution >= 4 is 15.7 Å². The van der Waals surface area contributed by atoms with E-state index in [2.05, 4.69) is 10.0 Å². The van der Waals surface area contributed by atoms with Crippen molar-refractivity contribution < 1.29 is 13.3 Å². The van der Waals surface area contributed by atoms with Crippen molar-refractivity contribution in [3.05, 3.63) is 33.9 Å². The van der Waals surface area contributed by atoms with Gasteiger partial charge in [0.2, 0.25) is 10.0 Å². The van der Waals surface area contributed by atoms with Crippen LogP contribution < -0.4 is 10.0 Å². The van der Waals surface area contributed by atoms with Gasteiger partial charge in [0, 0.05) is 18.7 Å². The number of nitrogens with one attached hydrogen (secondary N) is 2. The van der Waals surface area contributed by atoms with Gasteiger partial charge in [-0.25, -0.2) is 13.1 Å². The molecule has 0 aromatic heterocycles. The molecule has 7 nitrogen and oxygen atoms in total. The molecule has 1 fully saturated rings. The van der Waals surface area contributed by atoms with E-state index in [0.29, 0.717) is 12.1 Å². The van der Waals surface area contributed by atoms with Crippen LogP contribution in [0.2, 0.25) is 0 Å². The number of hydrogen-bond acceptors (Lipinski definition) is 5. The van der Waals surface area contributed by atoms with Gasteiger partial charge in [-0.2, -0.15) is 0 Å². The Kier molecular flexibility index (Phi) is 4.92. The smallest absolute Gasteiger partial charge is 0.289 e. The van der Waals surface area contributed by atoms with Gasteiger partial charge < -0.3 is 5.32 Å². The maximum atomic E-state index is 12.5. The molecule has 1 aromatic rings. The Labute approximate surface area is 123 Å². The number of nitro groups is 1. The van der Waals surface area contributed by atoms with Gasteiger partial charge in [-0.05, 0) is 31.9 Å². The molecule has 1 heterocycles. The van der Waals surface area contributed by atoms with Gasteiger partial charge in [-0.3, -0.25) is 10.1 Å². The summed E-state index contributed by atoms with van der Waals surface area (Å²) in [6, 6.07) is 4.02. The second-order valence-corrected chi connectivity index (χ2v) is 6.85. The molecule has 0 saturated carbocycles. The Morgan fingerprint density at radius 1 is 1.38 bits per heavy atom. The van der Waals surface area contributed by atoms with Crippen LogP contribution in [0.3, 0.4) is 0 Å². The molecule has 1 atom stereocenters. The largest absolute Gasteiger partial charge is 0.315 e. The van der Waals surface area contributed by atoms with Gasteiger partial charge >= 0.3 is 0 Å². The first-order valence-corrected chi connectivity index (χ1v) is 8.37. The van der Waals surface area contributed by atoms with E-state index in [1.807, 2.05) is 0 Å². The molecule has 1 saturated heterocycles. The highest BCUT2D eigenvalue weighted by Gasteiger charge is 2.30. The monoisotopic (exact) mass is 313 g/mol. The maximum absolute atomic E-state index is 12.5. The highest BCUT2D eigenvalue weighted by molar-refractivity contribution is 7.89. The molecule has 0 spiro atoms. The van der Waals surface area contributed by atoms with Crippen LogP contribution >= 0.6 is 0 Å². The van der Waals surface area contributed by atoms with Crippen LogP contribution in [-0.4, -0.2) is 32.5 Å². The number of rotatable bonds is 4. The molecule has 1 aromatic carbocycles. The molecule has 1 unspecified atom stereocenters. The molecule has 21 heavy (non-hydrogen) atoms. The standard InChI is InChI=1S/C13H19N3O4S/c1-10-5-4-7-12(16(17)18)13(10)21(19,20)15-11-6-2-3-8-14-9-11/h4-5,7,11,14-15H,2-3,6,8-9H2,1H3. The maximum Gasteiger partial charge on any atom is 0.289 e. The fourth-order valence-corrected chi connectivity index (χ4v) is 4.20. The van der Waals surface area contributed by atoms with E-state index in [1.54, 1.807) is 13.0 Å². The van der Waals surface area contributed by atoms with Gasteiger partial charge in [-0.1, -0.05) is 18.6 Å². The van der Waals surface area contributed by atoms with Crippen molar-refractivity contribution in [3.8, 4) is 0 Å². The zero-order chi connectivity index (χ0) is 15.5. The molecule has 0 radical (unpaired) electrons. The van der Waals surface area contributed by atoms with Crippen LogP contribution in [0.1, 0.15) is 24.8 Å². The zero-order valence-corrected chi connectivity index (χ0v) is 12.6. The Bertz CT molecular complexity index is 622. The molecule has 0 bridgehead atoms. The van der Waals surface area contributed by atoms with Crippen LogP contribution in [-0.2, 0) is 10.0 Å². The van der Waals surface area contributed by atoms with Crippen molar-refractivity contribution in [1.29, 1.82) is 0 Å². The first-order chi connectivity index (χ1) is 9.92. The van der Waals surface area contributed by atoms with E-state index in [4.69, 9.17) is 0 Å². The second kappa shape index (κ2) is 6.50. The van der Waals surface area contributed by atoms with E-state index in [0.717, 1.165) is 25.8 Å². The third-order valence-electron chi connectivity index (χ3n) is 3.53.